The lowest BCUT2D eigenvalue weighted by Gasteiger charge is -2.50. The van der Waals surface area contributed by atoms with Gasteiger partial charge in [-0.3, -0.25) is 14.5 Å². The van der Waals surface area contributed by atoms with Gasteiger partial charge in [0, 0.05) is 43.2 Å². The van der Waals surface area contributed by atoms with Crippen LogP contribution < -0.4 is 15.6 Å². The van der Waals surface area contributed by atoms with Crippen LogP contribution in [0.3, 0.4) is 0 Å². The average molecular weight is 774 g/mol. The number of hydrogen-bond acceptors (Lipinski definition) is 8. The number of piperidine rings is 3. The van der Waals surface area contributed by atoms with Gasteiger partial charge >= 0.3 is 6.09 Å². The molecule has 298 valence electrons. The van der Waals surface area contributed by atoms with Gasteiger partial charge in [0.1, 0.15) is 18.1 Å². The number of H-pyrrole nitrogens is 1. The molecule has 5 N–H and O–H groups in total. The fourth-order valence-electron chi connectivity index (χ4n) is 8.46. The van der Waals surface area contributed by atoms with Crippen LogP contribution in [0.25, 0.3) is 10.9 Å². The third-order valence-corrected chi connectivity index (χ3v) is 11.4. The Morgan fingerprint density at radius 1 is 0.947 bits per heavy atom. The maximum Gasteiger partial charge on any atom is 0.408 e. The van der Waals surface area contributed by atoms with Gasteiger partial charge in [0.25, 0.3) is 5.91 Å². The number of carbonyl (C=O) groups is 2. The third kappa shape index (κ3) is 9.15. The predicted molar refractivity (Wildman–Crippen MR) is 219 cm³/mol. The summed E-state index contributed by atoms with van der Waals surface area (Å²) in [5.41, 5.74) is 3.70. The van der Waals surface area contributed by atoms with Crippen LogP contribution in [-0.2, 0) is 6.61 Å². The summed E-state index contributed by atoms with van der Waals surface area (Å²) in [6.07, 6.45) is 0.886. The molecule has 2 amide bonds. The van der Waals surface area contributed by atoms with Crippen molar-refractivity contribution in [3.05, 3.63) is 141 Å². The molecule has 0 spiro atoms. The van der Waals surface area contributed by atoms with Crippen LogP contribution in [-0.4, -0.2) is 98.9 Å². The van der Waals surface area contributed by atoms with Crippen molar-refractivity contribution in [2.24, 2.45) is 5.92 Å². The zero-order valence-electron chi connectivity index (χ0n) is 32.2. The molecule has 12 heteroatoms. The number of rotatable bonds is 16. The molecular weight excluding hydrogens is 723 g/mol. The van der Waals surface area contributed by atoms with Gasteiger partial charge in [-0.1, -0.05) is 60.7 Å². The maximum atomic E-state index is 13.6. The zero-order valence-corrected chi connectivity index (χ0v) is 32.2. The number of aliphatic hydroxyl groups excluding tert-OH is 1. The average Bonchev–Trinajstić information content (AvgIpc) is 3.24. The molecule has 2 bridgehead atoms. The van der Waals surface area contributed by atoms with Crippen molar-refractivity contribution in [2.75, 3.05) is 45.8 Å². The number of phenols is 1. The number of hydrogen-bond donors (Lipinski definition) is 5. The van der Waals surface area contributed by atoms with E-state index in [0.29, 0.717) is 54.2 Å². The molecule has 0 radical (unpaired) electrons. The first-order valence-corrected chi connectivity index (χ1v) is 19.8. The lowest BCUT2D eigenvalue weighted by atomic mass is 9.81. The second-order valence-corrected chi connectivity index (χ2v) is 15.0. The number of nitrogens with one attached hydrogen (secondary N) is 2. The number of benzene rings is 4. The van der Waals surface area contributed by atoms with E-state index >= 15 is 0 Å². The predicted octanol–water partition coefficient (Wildman–Crippen LogP) is 6.15. The minimum Gasteiger partial charge on any atom is -0.506 e. The summed E-state index contributed by atoms with van der Waals surface area (Å²) < 4.78 is 6.30. The monoisotopic (exact) mass is 773 g/mol. The number of fused-ring (bicyclic) bond motifs is 4. The van der Waals surface area contributed by atoms with Gasteiger partial charge in [-0.25, -0.2) is 4.79 Å². The fraction of sp³-hybridized carbons (Fsp3) is 0.356. The molecule has 3 aliphatic heterocycles. The Morgan fingerprint density at radius 2 is 1.72 bits per heavy atom. The second-order valence-electron chi connectivity index (χ2n) is 15.0. The van der Waals surface area contributed by atoms with Gasteiger partial charge in [-0.15, -0.1) is 0 Å². The number of carboxylic acid groups (broad SMARTS) is 1. The standard InChI is InChI=1S/C45H51N5O7/c1-2-49(22-8-21-46-27-40(52)36-15-17-39(51)42-37(36)16-18-41(53)47-42)44(54)34-13-6-9-30(25-34)29-57-35-14-7-12-33(26-35)43(32-10-4-3-5-11-32)50(45(55)56)38-28-48-23-19-31(38)20-24-48/h3-7,9-18,25-26,31,38,40,43,46,51-52H,2,8,19-24,27-29H2,1H3,(H,47,53)(H,55,56)/t38-,40+,43?/m0/s1. The van der Waals surface area contributed by atoms with Crippen LogP contribution in [0.2, 0.25) is 0 Å². The summed E-state index contributed by atoms with van der Waals surface area (Å²) in [5, 5.41) is 35.5. The lowest BCUT2D eigenvalue weighted by Crippen LogP contribution is -2.59. The van der Waals surface area contributed by atoms with Gasteiger partial charge in [0.2, 0.25) is 5.56 Å². The minimum atomic E-state index is -0.925. The summed E-state index contributed by atoms with van der Waals surface area (Å²) in [6.45, 7) is 6.84. The third-order valence-electron chi connectivity index (χ3n) is 11.4. The van der Waals surface area contributed by atoms with Gasteiger partial charge in [-0.05, 0) is 110 Å². The summed E-state index contributed by atoms with van der Waals surface area (Å²) in [4.78, 5) is 46.9. The molecule has 0 aliphatic carbocycles. The lowest BCUT2D eigenvalue weighted by molar-refractivity contribution is -0.000814. The zero-order chi connectivity index (χ0) is 39.9. The number of nitrogens with zero attached hydrogens (tertiary/aromatic N) is 3. The number of pyridine rings is 1. The van der Waals surface area contributed by atoms with E-state index in [1.165, 1.54) is 12.1 Å². The van der Waals surface area contributed by atoms with Crippen LogP contribution in [0.5, 0.6) is 11.5 Å². The Kier molecular flexibility index (Phi) is 12.5. The van der Waals surface area contributed by atoms with E-state index in [1.807, 2.05) is 79.7 Å². The molecule has 1 aromatic heterocycles. The second kappa shape index (κ2) is 18.1. The van der Waals surface area contributed by atoms with Crippen molar-refractivity contribution in [2.45, 2.75) is 51.0 Å². The Bertz CT molecular complexity index is 2220. The van der Waals surface area contributed by atoms with Crippen molar-refractivity contribution in [1.82, 2.24) is 25.0 Å². The van der Waals surface area contributed by atoms with Crippen molar-refractivity contribution in [3.8, 4) is 11.5 Å². The highest BCUT2D eigenvalue weighted by molar-refractivity contribution is 5.94. The van der Waals surface area contributed by atoms with Gasteiger partial charge < -0.3 is 40.2 Å². The van der Waals surface area contributed by atoms with Crippen molar-refractivity contribution < 1.29 is 29.6 Å². The van der Waals surface area contributed by atoms with Crippen LogP contribution in [0.1, 0.15) is 70.9 Å². The van der Waals surface area contributed by atoms with Crippen LogP contribution in [0, 0.1) is 5.92 Å². The Labute approximate surface area is 332 Å². The molecule has 3 atom stereocenters. The molecule has 8 rings (SSSR count). The molecule has 57 heavy (non-hydrogen) atoms. The summed E-state index contributed by atoms with van der Waals surface area (Å²) in [5.74, 6) is 0.807. The molecule has 12 nitrogen and oxygen atoms in total. The quantitative estimate of drug-likeness (QED) is 0.0742. The van der Waals surface area contributed by atoms with Gasteiger partial charge in [-0.2, -0.15) is 0 Å². The first-order valence-electron chi connectivity index (χ1n) is 19.8. The van der Waals surface area contributed by atoms with Crippen molar-refractivity contribution in [1.29, 1.82) is 0 Å². The number of ether oxygens (including phenoxy) is 1. The molecule has 3 fully saturated rings. The van der Waals surface area contributed by atoms with E-state index in [0.717, 1.165) is 49.2 Å². The van der Waals surface area contributed by atoms with Gasteiger partial charge in [0.05, 0.1) is 23.7 Å². The smallest absolute Gasteiger partial charge is 0.408 e. The van der Waals surface area contributed by atoms with E-state index in [4.69, 9.17) is 4.74 Å². The van der Waals surface area contributed by atoms with Crippen molar-refractivity contribution in [3.63, 3.8) is 0 Å². The number of aromatic hydroxyl groups is 1. The number of amides is 2. The Morgan fingerprint density at radius 3 is 2.46 bits per heavy atom. The topological polar surface area (TPSA) is 159 Å². The molecule has 4 aromatic carbocycles. The van der Waals surface area contributed by atoms with Gasteiger partial charge in [0.15, 0.2) is 0 Å². The SMILES string of the molecule is CCN(CCCNC[C@@H](O)c1ccc(O)c2[nH]c(=O)ccc12)C(=O)c1cccc(COc2cccc(C(c3ccccc3)N(C(=O)O)[C@H]3CN4CCC3CC4)c2)c1. The maximum absolute atomic E-state index is 13.6. The van der Waals surface area contributed by atoms with Crippen LogP contribution in [0.4, 0.5) is 4.79 Å². The number of phenolic OH excluding ortho intramolecular Hbond substituents is 1. The largest absolute Gasteiger partial charge is 0.506 e. The number of aromatic amines is 1. The first kappa shape index (κ1) is 39.5. The van der Waals surface area contributed by atoms with Crippen molar-refractivity contribution >= 4 is 22.9 Å². The highest BCUT2D eigenvalue weighted by Gasteiger charge is 2.43. The van der Waals surface area contributed by atoms with E-state index in [1.54, 1.807) is 28.0 Å². The summed E-state index contributed by atoms with van der Waals surface area (Å²) >= 11 is 0. The summed E-state index contributed by atoms with van der Waals surface area (Å²) in [6, 6.07) is 30.4. The van der Waals surface area contributed by atoms with Crippen LogP contribution >= 0.6 is 0 Å². The molecule has 5 aromatic rings. The normalized spacial score (nSPS) is 18.5. The highest BCUT2D eigenvalue weighted by Crippen LogP contribution is 2.39. The highest BCUT2D eigenvalue weighted by atomic mass is 16.5. The number of carbonyl (C=O) groups excluding carboxylic acids is 1. The van der Waals surface area contributed by atoms with E-state index in [-0.39, 0.29) is 41.9 Å². The Balaban J connectivity index is 0.961. The van der Waals surface area contributed by atoms with Crippen LogP contribution in [0.15, 0.2) is 108 Å². The number of aliphatic hydroxyl groups is 1. The molecule has 1 unspecified atom stereocenters. The molecular formula is C45H51N5O7. The molecule has 3 aliphatic rings. The molecule has 3 saturated heterocycles. The van der Waals surface area contributed by atoms with E-state index < -0.39 is 18.2 Å². The molecule has 4 heterocycles. The number of aromatic nitrogens is 1. The van der Waals surface area contributed by atoms with E-state index in [9.17, 15) is 29.7 Å². The summed E-state index contributed by atoms with van der Waals surface area (Å²) in [7, 11) is 0. The molecule has 0 saturated carbocycles. The minimum absolute atomic E-state index is 0.0583. The Hall–Kier alpha value is -5.69. The van der Waals surface area contributed by atoms with E-state index in [2.05, 4.69) is 15.2 Å². The fourth-order valence-corrected chi connectivity index (χ4v) is 8.46. The first-order chi connectivity index (χ1) is 27.7.